The summed E-state index contributed by atoms with van der Waals surface area (Å²) in [5, 5.41) is 87.2. The molecular weight excluding hydrogens is 464 g/mol. The first-order chi connectivity index (χ1) is 15.9. The number of phenols is 6. The fourth-order valence-corrected chi connectivity index (χ4v) is 3.15. The zero-order valence-corrected chi connectivity index (χ0v) is 17.0. The molecule has 0 spiro atoms. The third-order valence-electron chi connectivity index (χ3n) is 4.91. The van der Waals surface area contributed by atoms with Gasteiger partial charge in [0.25, 0.3) is 0 Å². The molecule has 0 bridgehead atoms. The molecule has 1 aliphatic heterocycles. The van der Waals surface area contributed by atoms with Gasteiger partial charge in [-0.25, -0.2) is 9.59 Å². The highest BCUT2D eigenvalue weighted by Gasteiger charge is 2.49. The number of carbonyl (C=O) groups excluding carboxylic acids is 2. The molecule has 0 saturated carbocycles. The molecule has 0 aromatic heterocycles. The molecule has 184 valence electrons. The van der Waals surface area contributed by atoms with Gasteiger partial charge in [-0.1, -0.05) is 0 Å². The van der Waals surface area contributed by atoms with E-state index >= 15 is 0 Å². The molecule has 0 radical (unpaired) electrons. The lowest BCUT2D eigenvalue weighted by Crippen LogP contribution is -2.61. The topological polar surface area (TPSA) is 244 Å². The molecule has 0 aliphatic carbocycles. The molecule has 2 aromatic carbocycles. The van der Waals surface area contributed by atoms with Crippen molar-refractivity contribution in [1.82, 2.24) is 0 Å². The predicted octanol–water partition coefficient (Wildman–Crippen LogP) is -1.26. The van der Waals surface area contributed by atoms with Gasteiger partial charge < -0.3 is 60.2 Å². The Labute approximate surface area is 189 Å². The van der Waals surface area contributed by atoms with Gasteiger partial charge >= 0.3 is 11.9 Å². The van der Waals surface area contributed by atoms with Gasteiger partial charge in [-0.15, -0.1) is 0 Å². The number of hydrogen-bond acceptors (Lipinski definition) is 14. The van der Waals surface area contributed by atoms with Crippen LogP contribution in [-0.4, -0.2) is 95.2 Å². The van der Waals surface area contributed by atoms with Crippen LogP contribution in [0, 0.1) is 0 Å². The SMILES string of the molecule is O=C(O[C@@H]1[C@@H](OC(=O)c2cc(O)c(O)c(O)c2)[C@H](O)[C@@H](CO)O[C@@H]1O)c1cc(O)c(O)c(O)c1. The van der Waals surface area contributed by atoms with Gasteiger partial charge in [0, 0.05) is 0 Å². The average Bonchev–Trinajstić information content (AvgIpc) is 2.79. The lowest BCUT2D eigenvalue weighted by atomic mass is 9.98. The van der Waals surface area contributed by atoms with Gasteiger partial charge in [-0.3, -0.25) is 0 Å². The first-order valence-corrected chi connectivity index (χ1v) is 9.48. The second-order valence-corrected chi connectivity index (χ2v) is 7.20. The molecule has 14 heteroatoms. The molecular formula is C20H20O14. The first-order valence-electron chi connectivity index (χ1n) is 9.48. The van der Waals surface area contributed by atoms with Crippen molar-refractivity contribution in [3.05, 3.63) is 35.4 Å². The zero-order valence-electron chi connectivity index (χ0n) is 17.0. The Kier molecular flexibility index (Phi) is 6.88. The summed E-state index contributed by atoms with van der Waals surface area (Å²) in [7, 11) is 0. The van der Waals surface area contributed by atoms with Gasteiger partial charge in [0.1, 0.15) is 12.2 Å². The second-order valence-electron chi connectivity index (χ2n) is 7.20. The minimum Gasteiger partial charge on any atom is -0.504 e. The fraction of sp³-hybridized carbons (Fsp3) is 0.300. The van der Waals surface area contributed by atoms with E-state index in [0.29, 0.717) is 0 Å². The van der Waals surface area contributed by atoms with E-state index in [-0.39, 0.29) is 0 Å². The van der Waals surface area contributed by atoms with Crippen LogP contribution < -0.4 is 0 Å². The lowest BCUT2D eigenvalue weighted by Gasteiger charge is -2.41. The van der Waals surface area contributed by atoms with Gasteiger partial charge in [-0.05, 0) is 24.3 Å². The van der Waals surface area contributed by atoms with Crippen LogP contribution in [0.5, 0.6) is 34.5 Å². The number of carbonyl (C=O) groups is 2. The minimum atomic E-state index is -2.04. The van der Waals surface area contributed by atoms with E-state index in [1.807, 2.05) is 0 Å². The monoisotopic (exact) mass is 484 g/mol. The second kappa shape index (κ2) is 9.48. The Bertz CT molecular complexity index is 1050. The van der Waals surface area contributed by atoms with E-state index < -0.39 is 94.9 Å². The number of ether oxygens (including phenoxy) is 3. The third kappa shape index (κ3) is 4.69. The molecule has 34 heavy (non-hydrogen) atoms. The largest absolute Gasteiger partial charge is 0.504 e. The highest BCUT2D eigenvalue weighted by Crippen LogP contribution is 2.37. The van der Waals surface area contributed by atoms with Crippen LogP contribution in [0.1, 0.15) is 20.7 Å². The Morgan fingerprint density at radius 1 is 0.735 bits per heavy atom. The molecule has 5 atom stereocenters. The molecule has 1 fully saturated rings. The van der Waals surface area contributed by atoms with Crippen LogP contribution in [-0.2, 0) is 14.2 Å². The van der Waals surface area contributed by atoms with Crippen molar-refractivity contribution in [2.24, 2.45) is 0 Å². The molecule has 0 amide bonds. The van der Waals surface area contributed by atoms with E-state index in [2.05, 4.69) is 0 Å². The molecule has 1 aliphatic rings. The van der Waals surface area contributed by atoms with Gasteiger partial charge in [-0.2, -0.15) is 0 Å². The van der Waals surface area contributed by atoms with Crippen molar-refractivity contribution in [2.75, 3.05) is 6.61 Å². The quantitative estimate of drug-likeness (QED) is 0.178. The fourth-order valence-electron chi connectivity index (χ4n) is 3.15. The number of phenolic OH excluding ortho intramolecular Hbond substituents is 6. The summed E-state index contributed by atoms with van der Waals surface area (Å²) in [6.45, 7) is -0.840. The highest BCUT2D eigenvalue weighted by atomic mass is 16.7. The first kappa shape index (κ1) is 24.7. The van der Waals surface area contributed by atoms with Crippen molar-refractivity contribution in [3.63, 3.8) is 0 Å². The van der Waals surface area contributed by atoms with Crippen molar-refractivity contribution >= 4 is 11.9 Å². The van der Waals surface area contributed by atoms with Crippen molar-refractivity contribution < 1.29 is 69.8 Å². The number of benzene rings is 2. The Morgan fingerprint density at radius 2 is 1.12 bits per heavy atom. The van der Waals surface area contributed by atoms with E-state index in [1.54, 1.807) is 0 Å². The van der Waals surface area contributed by atoms with Crippen LogP contribution in [0.4, 0.5) is 0 Å². The van der Waals surface area contributed by atoms with Crippen LogP contribution in [0.3, 0.4) is 0 Å². The predicted molar refractivity (Wildman–Crippen MR) is 105 cm³/mol. The molecule has 1 heterocycles. The lowest BCUT2D eigenvalue weighted by molar-refractivity contribution is -0.285. The third-order valence-corrected chi connectivity index (χ3v) is 4.91. The minimum absolute atomic E-state index is 0.500. The number of aromatic hydroxyl groups is 6. The Balaban J connectivity index is 1.89. The van der Waals surface area contributed by atoms with Crippen LogP contribution in [0.15, 0.2) is 24.3 Å². The summed E-state index contributed by atoms with van der Waals surface area (Å²) in [6, 6.07) is 2.91. The summed E-state index contributed by atoms with van der Waals surface area (Å²) in [5.41, 5.74) is -1.00. The summed E-state index contributed by atoms with van der Waals surface area (Å²) < 4.78 is 15.1. The number of esters is 2. The average molecular weight is 484 g/mol. The molecule has 3 rings (SSSR count). The zero-order chi connectivity index (χ0) is 25.3. The molecule has 1 saturated heterocycles. The van der Waals surface area contributed by atoms with Crippen LogP contribution >= 0.6 is 0 Å². The van der Waals surface area contributed by atoms with Crippen molar-refractivity contribution in [3.8, 4) is 34.5 Å². The molecule has 0 unspecified atom stereocenters. The normalized spacial score (nSPS) is 24.4. The van der Waals surface area contributed by atoms with E-state index in [4.69, 9.17) is 14.2 Å². The Morgan fingerprint density at radius 3 is 1.50 bits per heavy atom. The summed E-state index contributed by atoms with van der Waals surface area (Å²) in [5.74, 6) is -7.93. The van der Waals surface area contributed by atoms with Crippen molar-refractivity contribution in [2.45, 2.75) is 30.7 Å². The highest BCUT2D eigenvalue weighted by molar-refractivity contribution is 5.92. The summed E-state index contributed by atoms with van der Waals surface area (Å²) in [6.07, 6.45) is -9.15. The Hall–Kier alpha value is -3.98. The van der Waals surface area contributed by atoms with Gasteiger partial charge in [0.05, 0.1) is 17.7 Å². The van der Waals surface area contributed by atoms with Crippen LogP contribution in [0.2, 0.25) is 0 Å². The molecule has 2 aromatic rings. The van der Waals surface area contributed by atoms with E-state index in [1.165, 1.54) is 0 Å². The van der Waals surface area contributed by atoms with E-state index in [9.17, 15) is 55.5 Å². The maximum absolute atomic E-state index is 12.5. The maximum Gasteiger partial charge on any atom is 0.339 e. The van der Waals surface area contributed by atoms with Crippen molar-refractivity contribution in [1.29, 1.82) is 0 Å². The number of rotatable bonds is 5. The standard InChI is InChI=1S/C20H20O14/c21-5-12-15(28)16(33-18(29)6-1-8(22)13(26)9(23)2-6)17(20(31)32-12)34-19(30)7-3-10(24)14(27)11(25)4-7/h1-4,12,15-17,20-28,31H,5H2/t12-,15-,16+,17-,20+/m1/s1. The number of hydrogen-bond donors (Lipinski definition) is 9. The van der Waals surface area contributed by atoms with Gasteiger partial charge in [0.2, 0.25) is 0 Å². The van der Waals surface area contributed by atoms with E-state index in [0.717, 1.165) is 24.3 Å². The maximum atomic E-state index is 12.5. The number of aliphatic hydroxyl groups excluding tert-OH is 3. The van der Waals surface area contributed by atoms with Crippen LogP contribution in [0.25, 0.3) is 0 Å². The summed E-state index contributed by atoms with van der Waals surface area (Å²) in [4.78, 5) is 25.0. The molecule has 14 nitrogen and oxygen atoms in total. The summed E-state index contributed by atoms with van der Waals surface area (Å²) >= 11 is 0. The van der Waals surface area contributed by atoms with Gasteiger partial charge in [0.15, 0.2) is 53.0 Å². The molecule has 9 N–H and O–H groups in total. The smallest absolute Gasteiger partial charge is 0.339 e. The number of aliphatic hydroxyl groups is 3.